The Bertz CT molecular complexity index is 1480. The summed E-state index contributed by atoms with van der Waals surface area (Å²) in [5.74, 6) is -3.89. The molecule has 0 aliphatic heterocycles. The number of hydrogen-bond donors (Lipinski definition) is 3. The highest BCUT2D eigenvalue weighted by Crippen LogP contribution is 2.49. The van der Waals surface area contributed by atoms with E-state index < -0.39 is 34.6 Å². The zero-order chi connectivity index (χ0) is 24.4. The smallest absolute Gasteiger partial charge is 0.306 e. The first-order chi connectivity index (χ1) is 16.3. The number of fused-ring (bicyclic) bond motifs is 1. The van der Waals surface area contributed by atoms with Crippen molar-refractivity contribution in [2.75, 3.05) is 7.11 Å². The van der Waals surface area contributed by atoms with E-state index in [1.807, 2.05) is 6.07 Å². The van der Waals surface area contributed by atoms with Crippen LogP contribution in [0.3, 0.4) is 0 Å². The van der Waals surface area contributed by atoms with Gasteiger partial charge in [-0.25, -0.2) is 0 Å². The number of rotatable bonds is 5. The number of carbonyl (C=O) groups is 1. The van der Waals surface area contributed by atoms with Crippen LogP contribution in [0, 0.1) is 11.3 Å². The van der Waals surface area contributed by atoms with Gasteiger partial charge in [0.15, 0.2) is 16.9 Å². The molecule has 0 bridgehead atoms. The predicted octanol–water partition coefficient (Wildman–Crippen LogP) is 4.14. The van der Waals surface area contributed by atoms with Crippen LogP contribution >= 0.6 is 0 Å². The van der Waals surface area contributed by atoms with Crippen molar-refractivity contribution in [1.29, 1.82) is 5.26 Å². The quantitative estimate of drug-likeness (QED) is 0.300. The molecule has 0 unspecified atom stereocenters. The summed E-state index contributed by atoms with van der Waals surface area (Å²) in [5.41, 5.74) is 0.529. The lowest BCUT2D eigenvalue weighted by Gasteiger charge is -2.21. The molecule has 4 aromatic rings. The summed E-state index contributed by atoms with van der Waals surface area (Å²) in [6.07, 6.45) is -0.283. The van der Waals surface area contributed by atoms with Crippen LogP contribution in [0.25, 0.3) is 22.3 Å². The maximum atomic E-state index is 13.0. The third-order valence-electron chi connectivity index (χ3n) is 5.58. The van der Waals surface area contributed by atoms with E-state index in [-0.39, 0.29) is 28.7 Å². The summed E-state index contributed by atoms with van der Waals surface area (Å²) in [6.45, 7) is 0. The average molecular weight is 457 g/mol. The van der Waals surface area contributed by atoms with Crippen molar-refractivity contribution in [2.24, 2.45) is 0 Å². The Kier molecular flexibility index (Phi) is 5.94. The summed E-state index contributed by atoms with van der Waals surface area (Å²) in [5, 5.41) is 40.5. The van der Waals surface area contributed by atoms with Gasteiger partial charge in [0.05, 0.1) is 25.2 Å². The number of esters is 1. The zero-order valence-corrected chi connectivity index (χ0v) is 18.0. The minimum absolute atomic E-state index is 0.0738. The van der Waals surface area contributed by atoms with Crippen LogP contribution in [-0.4, -0.2) is 28.4 Å². The van der Waals surface area contributed by atoms with Gasteiger partial charge in [-0.05, 0) is 17.7 Å². The van der Waals surface area contributed by atoms with Crippen LogP contribution in [0.1, 0.15) is 29.0 Å². The van der Waals surface area contributed by atoms with E-state index in [4.69, 9.17) is 14.4 Å². The first-order valence-corrected chi connectivity index (χ1v) is 10.2. The molecule has 3 aromatic carbocycles. The molecule has 34 heavy (non-hydrogen) atoms. The largest absolute Gasteiger partial charge is 0.504 e. The molecule has 1 atom stereocenters. The van der Waals surface area contributed by atoms with Crippen LogP contribution < -0.4 is 5.43 Å². The molecular formula is C26H19NO7. The summed E-state index contributed by atoms with van der Waals surface area (Å²) >= 11 is 0. The fourth-order valence-corrected chi connectivity index (χ4v) is 3.87. The molecule has 0 radical (unpaired) electrons. The first-order valence-electron chi connectivity index (χ1n) is 10.2. The number of hydrogen-bond acceptors (Lipinski definition) is 8. The van der Waals surface area contributed by atoms with Gasteiger partial charge in [0.1, 0.15) is 16.7 Å². The van der Waals surface area contributed by atoms with E-state index in [2.05, 4.69) is 0 Å². The number of phenolic OH excluding ortho intramolecular Hbond substituents is 3. The summed E-state index contributed by atoms with van der Waals surface area (Å²) in [6, 6.07) is 18.1. The maximum absolute atomic E-state index is 13.0. The van der Waals surface area contributed by atoms with E-state index in [1.54, 1.807) is 42.5 Å². The van der Waals surface area contributed by atoms with Crippen LogP contribution in [0.4, 0.5) is 0 Å². The highest BCUT2D eigenvalue weighted by molar-refractivity contribution is 5.93. The average Bonchev–Trinajstić information content (AvgIpc) is 2.86. The minimum Gasteiger partial charge on any atom is -0.504 e. The lowest BCUT2D eigenvalue weighted by atomic mass is 9.85. The topological polar surface area (TPSA) is 141 Å². The normalized spacial score (nSPS) is 11.6. The molecule has 0 aliphatic carbocycles. The Morgan fingerprint density at radius 3 is 2.32 bits per heavy atom. The van der Waals surface area contributed by atoms with Crippen molar-refractivity contribution in [2.45, 2.75) is 12.3 Å². The summed E-state index contributed by atoms with van der Waals surface area (Å²) in [4.78, 5) is 25.3. The van der Waals surface area contributed by atoms with Crippen molar-refractivity contribution in [3.05, 3.63) is 87.6 Å². The molecule has 1 heterocycles. The SMILES string of the molecule is COC(=O)C[C@@H](c1ccc(C#N)cc1)c1c(O)c(O)c(O)c2c(=O)cc(-c3ccccc3)oc12. The molecule has 0 saturated carbocycles. The van der Waals surface area contributed by atoms with Crippen molar-refractivity contribution in [3.8, 4) is 34.6 Å². The lowest BCUT2D eigenvalue weighted by molar-refractivity contribution is -0.140. The summed E-state index contributed by atoms with van der Waals surface area (Å²) in [7, 11) is 1.21. The van der Waals surface area contributed by atoms with E-state index in [0.717, 1.165) is 0 Å². The molecule has 0 aliphatic rings. The van der Waals surface area contributed by atoms with E-state index >= 15 is 0 Å². The monoisotopic (exact) mass is 457 g/mol. The predicted molar refractivity (Wildman–Crippen MR) is 123 cm³/mol. The summed E-state index contributed by atoms with van der Waals surface area (Å²) < 4.78 is 10.8. The molecule has 170 valence electrons. The Hall–Kier alpha value is -4.77. The van der Waals surface area contributed by atoms with Gasteiger partial charge in [-0.3, -0.25) is 9.59 Å². The maximum Gasteiger partial charge on any atom is 0.306 e. The second-order valence-corrected chi connectivity index (χ2v) is 7.57. The molecule has 8 nitrogen and oxygen atoms in total. The number of phenols is 3. The zero-order valence-electron chi connectivity index (χ0n) is 18.0. The van der Waals surface area contributed by atoms with Gasteiger partial charge in [-0.15, -0.1) is 0 Å². The second-order valence-electron chi connectivity index (χ2n) is 7.57. The minimum atomic E-state index is -0.941. The molecule has 8 heteroatoms. The Morgan fingerprint density at radius 1 is 1.03 bits per heavy atom. The van der Waals surface area contributed by atoms with Crippen LogP contribution in [0.5, 0.6) is 17.2 Å². The highest BCUT2D eigenvalue weighted by Gasteiger charge is 2.31. The van der Waals surface area contributed by atoms with E-state index in [0.29, 0.717) is 16.7 Å². The highest BCUT2D eigenvalue weighted by atomic mass is 16.5. The molecule has 4 rings (SSSR count). The first kappa shape index (κ1) is 22.4. The van der Waals surface area contributed by atoms with Gasteiger partial charge in [-0.2, -0.15) is 5.26 Å². The van der Waals surface area contributed by atoms with Gasteiger partial charge in [-0.1, -0.05) is 42.5 Å². The van der Waals surface area contributed by atoms with E-state index in [1.165, 1.54) is 25.3 Å². The lowest BCUT2D eigenvalue weighted by Crippen LogP contribution is -2.12. The fourth-order valence-electron chi connectivity index (χ4n) is 3.87. The second kappa shape index (κ2) is 9.00. The van der Waals surface area contributed by atoms with Gasteiger partial charge >= 0.3 is 5.97 Å². The third kappa shape index (κ3) is 3.91. The number of methoxy groups -OCH3 is 1. The number of nitriles is 1. The molecule has 0 fully saturated rings. The third-order valence-corrected chi connectivity index (χ3v) is 5.58. The molecule has 3 N–H and O–H groups in total. The van der Waals surface area contributed by atoms with Gasteiger partial charge < -0.3 is 24.5 Å². The number of nitrogens with zero attached hydrogens (tertiary/aromatic N) is 1. The van der Waals surface area contributed by atoms with E-state index in [9.17, 15) is 24.9 Å². The Morgan fingerprint density at radius 2 is 1.71 bits per heavy atom. The van der Waals surface area contributed by atoms with Crippen molar-refractivity contribution >= 4 is 16.9 Å². The van der Waals surface area contributed by atoms with Crippen LogP contribution in [0.2, 0.25) is 0 Å². The van der Waals surface area contributed by atoms with Crippen molar-refractivity contribution in [1.82, 2.24) is 0 Å². The molecule has 0 saturated heterocycles. The standard InChI is InChI=1S/C26H19NO7/c1-33-20(29)11-17(15-9-7-14(13-27)8-10-15)21-23(30)25(32)24(31)22-18(28)12-19(34-26(21)22)16-5-3-2-4-6-16/h2-10,12,17,30-32H,11H2,1H3/t17-/m0/s1. The molecule has 0 amide bonds. The Labute approximate surface area is 193 Å². The van der Waals surface area contributed by atoms with Gasteiger partial charge in [0.25, 0.3) is 0 Å². The van der Waals surface area contributed by atoms with Crippen molar-refractivity contribution in [3.63, 3.8) is 0 Å². The molecular weight excluding hydrogens is 438 g/mol. The number of benzene rings is 3. The fraction of sp³-hybridized carbons (Fsp3) is 0.115. The Balaban J connectivity index is 2.07. The molecule has 0 spiro atoms. The number of carbonyl (C=O) groups excluding carboxylic acids is 1. The van der Waals surface area contributed by atoms with Crippen LogP contribution in [0.15, 0.2) is 69.9 Å². The van der Waals surface area contributed by atoms with Gasteiger partial charge in [0, 0.05) is 23.1 Å². The van der Waals surface area contributed by atoms with Crippen LogP contribution in [-0.2, 0) is 9.53 Å². The van der Waals surface area contributed by atoms with Gasteiger partial charge in [0.2, 0.25) is 5.75 Å². The molecule has 1 aromatic heterocycles. The number of ether oxygens (including phenoxy) is 1. The van der Waals surface area contributed by atoms with Crippen molar-refractivity contribution < 1.29 is 29.3 Å². The number of aromatic hydroxyl groups is 3.